The molecule has 0 radical (unpaired) electrons. The molecular weight excluding hydrogens is 332 g/mol. The fourth-order valence-electron chi connectivity index (χ4n) is 8.93. The molecule has 6 rings (SSSR count). The summed E-state index contributed by atoms with van der Waals surface area (Å²) in [6.07, 6.45) is 17.3. The van der Waals surface area contributed by atoms with E-state index in [-0.39, 0.29) is 5.60 Å². The zero-order valence-corrected chi connectivity index (χ0v) is 16.5. The monoisotopic (exact) mass is 364 g/mol. The minimum Gasteiger partial charge on any atom is -0.366 e. The zero-order valence-electron chi connectivity index (χ0n) is 16.5. The Morgan fingerprint density at radius 2 is 2.22 bits per heavy atom. The number of hydrogen-bond donors (Lipinski definition) is 0. The van der Waals surface area contributed by atoms with Gasteiger partial charge in [0.1, 0.15) is 5.78 Å². The van der Waals surface area contributed by atoms with Crippen LogP contribution in [0.4, 0.5) is 0 Å². The van der Waals surface area contributed by atoms with Crippen LogP contribution in [-0.4, -0.2) is 18.0 Å². The first-order chi connectivity index (χ1) is 13.1. The molecule has 144 valence electrons. The Labute approximate surface area is 163 Å². The predicted octanol–water partition coefficient (Wildman–Crippen LogP) is 5.11. The van der Waals surface area contributed by atoms with Gasteiger partial charge in [-0.15, -0.1) is 6.58 Å². The summed E-state index contributed by atoms with van der Waals surface area (Å²) in [5.74, 6) is 5.40. The van der Waals surface area contributed by atoms with E-state index < -0.39 is 0 Å². The normalized spacial score (nSPS) is 54.8. The molecule has 6 aliphatic rings. The average molecular weight is 365 g/mol. The van der Waals surface area contributed by atoms with Crippen LogP contribution >= 0.6 is 0 Å². The summed E-state index contributed by atoms with van der Waals surface area (Å²) < 4.78 is 6.59. The van der Waals surface area contributed by atoms with Crippen LogP contribution < -0.4 is 0 Å². The summed E-state index contributed by atoms with van der Waals surface area (Å²) in [5, 5.41) is 0. The highest BCUT2D eigenvalue weighted by molar-refractivity contribution is 5.82. The van der Waals surface area contributed by atoms with Gasteiger partial charge in [-0.2, -0.15) is 0 Å². The van der Waals surface area contributed by atoms with E-state index in [0.29, 0.717) is 35.4 Å². The van der Waals surface area contributed by atoms with Crippen molar-refractivity contribution in [2.45, 2.75) is 57.5 Å². The Morgan fingerprint density at radius 1 is 1.33 bits per heavy atom. The minimum atomic E-state index is 0.0281. The molecule has 27 heavy (non-hydrogen) atoms. The Morgan fingerprint density at radius 3 is 2.96 bits per heavy atom. The first-order valence-electron chi connectivity index (χ1n) is 11.3. The molecule has 0 aromatic carbocycles. The van der Waals surface area contributed by atoms with E-state index >= 15 is 0 Å². The summed E-state index contributed by atoms with van der Waals surface area (Å²) >= 11 is 0. The van der Waals surface area contributed by atoms with E-state index in [1.807, 2.05) is 0 Å². The Balaban J connectivity index is 1.46. The summed E-state index contributed by atoms with van der Waals surface area (Å²) in [6.45, 7) is 7.48. The molecule has 6 unspecified atom stereocenters. The molecule has 1 aliphatic heterocycles. The second kappa shape index (κ2) is 5.47. The third kappa shape index (κ3) is 1.89. The number of allylic oxidation sites excluding steroid dienone is 3. The lowest BCUT2D eigenvalue weighted by atomic mass is 9.46. The van der Waals surface area contributed by atoms with Gasteiger partial charge in [0.05, 0.1) is 12.2 Å². The van der Waals surface area contributed by atoms with Crippen LogP contribution in [0.1, 0.15) is 51.9 Å². The number of carbonyl (C=O) groups excluding carboxylic acids is 1. The maximum Gasteiger partial charge on any atom is 0.136 e. The van der Waals surface area contributed by atoms with Crippen molar-refractivity contribution < 1.29 is 9.53 Å². The van der Waals surface area contributed by atoms with E-state index in [9.17, 15) is 4.79 Å². The predicted molar refractivity (Wildman–Crippen MR) is 106 cm³/mol. The first-order valence-corrected chi connectivity index (χ1v) is 11.3. The van der Waals surface area contributed by atoms with Crippen LogP contribution in [0.15, 0.2) is 36.5 Å². The van der Waals surface area contributed by atoms with Crippen molar-refractivity contribution in [3.8, 4) is 0 Å². The maximum atomic E-state index is 12.1. The largest absolute Gasteiger partial charge is 0.366 e. The van der Waals surface area contributed by atoms with Gasteiger partial charge in [0.15, 0.2) is 0 Å². The van der Waals surface area contributed by atoms with Crippen molar-refractivity contribution in [1.82, 2.24) is 0 Å². The van der Waals surface area contributed by atoms with Crippen LogP contribution in [0, 0.1) is 46.8 Å². The molecule has 0 aromatic heterocycles. The van der Waals surface area contributed by atoms with Crippen LogP contribution in [0.25, 0.3) is 0 Å². The van der Waals surface area contributed by atoms with E-state index in [1.165, 1.54) is 31.3 Å². The third-order valence-electron chi connectivity index (χ3n) is 9.77. The summed E-state index contributed by atoms with van der Waals surface area (Å²) in [5.41, 5.74) is 1.81. The molecule has 4 saturated carbocycles. The smallest absolute Gasteiger partial charge is 0.136 e. The van der Waals surface area contributed by atoms with Crippen molar-refractivity contribution >= 4 is 5.78 Å². The molecule has 5 aliphatic carbocycles. The summed E-state index contributed by atoms with van der Waals surface area (Å²) in [6, 6.07) is 0. The van der Waals surface area contributed by atoms with Crippen molar-refractivity contribution in [3.63, 3.8) is 0 Å². The van der Waals surface area contributed by atoms with Crippen molar-refractivity contribution in [2.24, 2.45) is 46.8 Å². The van der Waals surface area contributed by atoms with Gasteiger partial charge in [-0.25, -0.2) is 0 Å². The molecular formula is C25H32O2. The second-order valence-corrected chi connectivity index (χ2v) is 10.2. The number of hydrogen-bond acceptors (Lipinski definition) is 2. The number of ketones is 1. The summed E-state index contributed by atoms with van der Waals surface area (Å²) in [4.78, 5) is 12.1. The van der Waals surface area contributed by atoms with Gasteiger partial charge in [0.2, 0.25) is 0 Å². The zero-order chi connectivity index (χ0) is 18.4. The Kier molecular flexibility index (Phi) is 3.40. The quantitative estimate of drug-likeness (QED) is 0.636. The number of ether oxygens (including phenoxy) is 1. The van der Waals surface area contributed by atoms with E-state index in [1.54, 1.807) is 0 Å². The molecule has 0 aromatic rings. The molecule has 1 spiro atoms. The van der Waals surface area contributed by atoms with E-state index in [0.717, 1.165) is 43.1 Å². The van der Waals surface area contributed by atoms with Gasteiger partial charge < -0.3 is 4.74 Å². The van der Waals surface area contributed by atoms with Crippen molar-refractivity contribution in [3.05, 3.63) is 36.5 Å². The van der Waals surface area contributed by atoms with Crippen LogP contribution in [0.3, 0.4) is 0 Å². The Hall–Kier alpha value is -1.15. The first kappa shape index (κ1) is 16.8. The summed E-state index contributed by atoms with van der Waals surface area (Å²) in [7, 11) is 0. The molecule has 4 fully saturated rings. The van der Waals surface area contributed by atoms with Crippen LogP contribution in [0.2, 0.25) is 0 Å². The highest BCUT2D eigenvalue weighted by atomic mass is 16.5. The highest BCUT2D eigenvalue weighted by Crippen LogP contribution is 2.78. The Bertz CT molecular complexity index is 762. The van der Waals surface area contributed by atoms with Gasteiger partial charge >= 0.3 is 0 Å². The molecule has 9 atom stereocenters. The molecule has 0 amide bonds. The second-order valence-electron chi connectivity index (χ2n) is 10.2. The van der Waals surface area contributed by atoms with Gasteiger partial charge in [-0.1, -0.05) is 36.8 Å². The van der Waals surface area contributed by atoms with E-state index in [4.69, 9.17) is 4.74 Å². The van der Waals surface area contributed by atoms with Crippen molar-refractivity contribution in [2.75, 3.05) is 6.61 Å². The average Bonchev–Trinajstić information content (AvgIpc) is 3.26. The lowest BCUT2D eigenvalue weighted by Gasteiger charge is -2.59. The van der Waals surface area contributed by atoms with Gasteiger partial charge in [0, 0.05) is 18.3 Å². The fourth-order valence-corrected chi connectivity index (χ4v) is 8.93. The maximum absolute atomic E-state index is 12.1. The molecule has 1 heterocycles. The van der Waals surface area contributed by atoms with Crippen LogP contribution in [0.5, 0.6) is 0 Å². The lowest BCUT2D eigenvalue weighted by molar-refractivity contribution is -0.145. The number of fused-ring (bicyclic) bond motifs is 9. The highest BCUT2D eigenvalue weighted by Gasteiger charge is 2.77. The molecule has 0 bridgehead atoms. The molecule has 0 N–H and O–H groups in total. The SMILES string of the molecule is C=CC1C=C2CC(=O)CC[C@@H]2C2CC[C@@]3(CC)C(C4CC4[C@@]34C=CCO4)C12. The standard InChI is InChI=1S/C25H32O2/c1-3-15-12-16-13-17(26)6-7-18(16)19-8-10-24(4-2)23(22(15)19)20-14-21(20)25(24)9-5-11-27-25/h3,5,9,12,15,18-23H,1,4,6-8,10-11,13-14H2,2H3/t15?,18-,19?,20?,21?,22?,23?,24-,25-/m0/s1. The molecule has 2 nitrogen and oxygen atoms in total. The topological polar surface area (TPSA) is 26.3 Å². The van der Waals surface area contributed by atoms with E-state index in [2.05, 4.69) is 37.8 Å². The molecule has 0 saturated heterocycles. The molecule has 2 heteroatoms. The van der Waals surface area contributed by atoms with Gasteiger partial charge in [0.25, 0.3) is 0 Å². The lowest BCUT2D eigenvalue weighted by Crippen LogP contribution is -2.57. The number of carbonyl (C=O) groups is 1. The fraction of sp³-hybridized carbons (Fsp3) is 0.720. The van der Waals surface area contributed by atoms with Crippen LogP contribution in [-0.2, 0) is 9.53 Å². The number of Topliss-reactive ketones (excluding diaryl/α,β-unsaturated/α-hetero) is 1. The van der Waals surface area contributed by atoms with Gasteiger partial charge in [-0.3, -0.25) is 4.79 Å². The van der Waals surface area contributed by atoms with Crippen molar-refractivity contribution in [1.29, 1.82) is 0 Å². The number of rotatable bonds is 2. The minimum absolute atomic E-state index is 0.0281. The third-order valence-corrected chi connectivity index (χ3v) is 9.77. The van der Waals surface area contributed by atoms with Gasteiger partial charge in [-0.05, 0) is 73.5 Å².